The predicted molar refractivity (Wildman–Crippen MR) is 104 cm³/mol. The van der Waals surface area contributed by atoms with E-state index in [1.54, 1.807) is 13.8 Å². The van der Waals surface area contributed by atoms with Gasteiger partial charge in [-0.15, -0.1) is 11.8 Å². The molecule has 1 heterocycles. The topological polar surface area (TPSA) is 71.2 Å². The molecule has 0 spiro atoms. The number of carbonyl (C=O) groups excluding carboxylic acids is 2. The molecule has 1 aromatic heterocycles. The largest absolute Gasteiger partial charge is 0.465 e. The van der Waals surface area contributed by atoms with Crippen molar-refractivity contribution in [3.63, 3.8) is 0 Å². The fraction of sp³-hybridized carbons (Fsp3) is 0.400. The highest BCUT2D eigenvalue weighted by molar-refractivity contribution is 8.00. The molecule has 2 N–H and O–H groups in total. The van der Waals surface area contributed by atoms with Gasteiger partial charge >= 0.3 is 5.97 Å². The van der Waals surface area contributed by atoms with E-state index < -0.39 is 5.97 Å². The van der Waals surface area contributed by atoms with Gasteiger partial charge in [0.15, 0.2) is 0 Å². The summed E-state index contributed by atoms with van der Waals surface area (Å²) >= 11 is 1.84. The Labute approximate surface area is 157 Å². The third-order valence-corrected chi connectivity index (χ3v) is 6.20. The van der Waals surface area contributed by atoms with Crippen LogP contribution in [0, 0.1) is 13.8 Å². The van der Waals surface area contributed by atoms with E-state index in [1.807, 2.05) is 36.0 Å². The van der Waals surface area contributed by atoms with E-state index in [4.69, 9.17) is 4.74 Å². The molecule has 0 unspecified atom stereocenters. The van der Waals surface area contributed by atoms with Gasteiger partial charge in [-0.3, -0.25) is 4.79 Å². The summed E-state index contributed by atoms with van der Waals surface area (Å²) < 4.78 is 4.81. The number of benzene rings is 1. The zero-order valence-electron chi connectivity index (χ0n) is 15.3. The Kier molecular flexibility index (Phi) is 5.71. The number of hydrogen-bond acceptors (Lipinski definition) is 4. The number of methoxy groups -OCH3 is 1. The molecule has 1 aliphatic rings. The summed E-state index contributed by atoms with van der Waals surface area (Å²) in [6, 6.07) is 7.88. The molecular weight excluding hydrogens is 348 g/mol. The van der Waals surface area contributed by atoms with Crippen LogP contribution in [0.25, 0.3) is 0 Å². The van der Waals surface area contributed by atoms with Crippen molar-refractivity contribution in [1.82, 2.24) is 4.98 Å². The standard InChI is InChI=1S/C20H24N2O3S/c1-12-17(20(24)25-3)13(2)21-18(12)19(23)22-15-10-6-7-11-16(15)26-14-8-4-5-9-14/h6-7,10-11,14,21H,4-5,8-9H2,1-3H3,(H,22,23). The van der Waals surface area contributed by atoms with Crippen LogP contribution in [0.4, 0.5) is 5.69 Å². The highest BCUT2D eigenvalue weighted by Crippen LogP contribution is 2.38. The number of para-hydroxylation sites is 1. The summed E-state index contributed by atoms with van der Waals surface area (Å²) in [6.07, 6.45) is 5.02. The van der Waals surface area contributed by atoms with E-state index in [-0.39, 0.29) is 5.91 Å². The first-order chi connectivity index (χ1) is 12.5. The number of nitrogens with one attached hydrogen (secondary N) is 2. The van der Waals surface area contributed by atoms with Crippen LogP contribution in [0.15, 0.2) is 29.2 Å². The average molecular weight is 372 g/mol. The minimum Gasteiger partial charge on any atom is -0.465 e. The summed E-state index contributed by atoms with van der Waals surface area (Å²) in [4.78, 5) is 28.8. The predicted octanol–water partition coefficient (Wildman–Crippen LogP) is 4.71. The van der Waals surface area contributed by atoms with Crippen LogP contribution in [0.3, 0.4) is 0 Å². The van der Waals surface area contributed by atoms with E-state index in [0.717, 1.165) is 10.6 Å². The van der Waals surface area contributed by atoms with Crippen molar-refractivity contribution >= 4 is 29.3 Å². The highest BCUT2D eigenvalue weighted by atomic mass is 32.2. The van der Waals surface area contributed by atoms with Gasteiger partial charge in [-0.1, -0.05) is 25.0 Å². The molecular formula is C20H24N2O3S. The number of carbonyl (C=O) groups is 2. The second kappa shape index (κ2) is 7.99. The molecule has 26 heavy (non-hydrogen) atoms. The lowest BCUT2D eigenvalue weighted by atomic mass is 10.1. The molecule has 138 valence electrons. The van der Waals surface area contributed by atoms with Crippen molar-refractivity contribution < 1.29 is 14.3 Å². The number of anilines is 1. The number of esters is 1. The summed E-state index contributed by atoms with van der Waals surface area (Å²) in [7, 11) is 1.34. The lowest BCUT2D eigenvalue weighted by Crippen LogP contribution is -2.15. The van der Waals surface area contributed by atoms with E-state index in [1.165, 1.54) is 32.8 Å². The number of aromatic amines is 1. The molecule has 6 heteroatoms. The Morgan fingerprint density at radius 2 is 1.88 bits per heavy atom. The normalized spacial score (nSPS) is 14.4. The van der Waals surface area contributed by atoms with Gasteiger partial charge in [0.1, 0.15) is 5.69 Å². The Hall–Kier alpha value is -2.21. The Balaban J connectivity index is 1.81. The number of aromatic nitrogens is 1. The molecule has 0 radical (unpaired) electrons. The van der Waals surface area contributed by atoms with Crippen LogP contribution >= 0.6 is 11.8 Å². The van der Waals surface area contributed by atoms with E-state index in [0.29, 0.717) is 27.8 Å². The summed E-state index contributed by atoms with van der Waals surface area (Å²) in [5.41, 5.74) is 2.86. The minimum atomic E-state index is -0.438. The number of hydrogen-bond donors (Lipinski definition) is 2. The molecule has 1 aliphatic carbocycles. The van der Waals surface area contributed by atoms with Crippen molar-refractivity contribution in [3.05, 3.63) is 46.8 Å². The lowest BCUT2D eigenvalue weighted by Gasteiger charge is -2.14. The summed E-state index contributed by atoms with van der Waals surface area (Å²) in [6.45, 7) is 3.52. The Morgan fingerprint density at radius 1 is 1.19 bits per heavy atom. The van der Waals surface area contributed by atoms with Crippen molar-refractivity contribution in [2.24, 2.45) is 0 Å². The first kappa shape index (κ1) is 18.6. The van der Waals surface area contributed by atoms with E-state index in [2.05, 4.69) is 10.3 Å². The fourth-order valence-electron chi connectivity index (χ4n) is 3.43. The summed E-state index contributed by atoms with van der Waals surface area (Å²) in [5, 5.41) is 3.61. The minimum absolute atomic E-state index is 0.250. The second-order valence-electron chi connectivity index (χ2n) is 6.59. The number of rotatable bonds is 5. The fourth-order valence-corrected chi connectivity index (χ4v) is 4.76. The number of aryl methyl sites for hydroxylation is 1. The maximum atomic E-state index is 12.8. The first-order valence-electron chi connectivity index (χ1n) is 8.85. The van der Waals surface area contributed by atoms with Gasteiger partial charge in [0, 0.05) is 15.8 Å². The maximum absolute atomic E-state index is 12.8. The van der Waals surface area contributed by atoms with Gasteiger partial charge in [-0.05, 0) is 44.4 Å². The van der Waals surface area contributed by atoms with Gasteiger partial charge in [-0.25, -0.2) is 4.79 Å². The lowest BCUT2D eigenvalue weighted by molar-refractivity contribution is 0.0599. The van der Waals surface area contributed by atoms with E-state index >= 15 is 0 Å². The first-order valence-corrected chi connectivity index (χ1v) is 9.73. The molecule has 0 bridgehead atoms. The van der Waals surface area contributed by atoms with Crippen LogP contribution < -0.4 is 5.32 Å². The van der Waals surface area contributed by atoms with Gasteiger partial charge in [0.25, 0.3) is 5.91 Å². The quantitative estimate of drug-likeness (QED) is 0.746. The zero-order valence-corrected chi connectivity index (χ0v) is 16.2. The molecule has 0 saturated heterocycles. The number of ether oxygens (including phenoxy) is 1. The SMILES string of the molecule is COC(=O)c1c(C)[nH]c(C(=O)Nc2ccccc2SC2CCCC2)c1C. The number of thioether (sulfide) groups is 1. The van der Waals surface area contributed by atoms with Crippen LogP contribution in [0.5, 0.6) is 0 Å². The molecule has 1 fully saturated rings. The van der Waals surface area contributed by atoms with Gasteiger partial charge in [0.2, 0.25) is 0 Å². The molecule has 0 atom stereocenters. The van der Waals surface area contributed by atoms with Crippen LogP contribution in [0.2, 0.25) is 0 Å². The van der Waals surface area contributed by atoms with Crippen molar-refractivity contribution in [2.45, 2.75) is 49.7 Å². The Bertz CT molecular complexity index is 822. The molecule has 1 aromatic carbocycles. The average Bonchev–Trinajstić information content (AvgIpc) is 3.24. The van der Waals surface area contributed by atoms with Crippen molar-refractivity contribution in [2.75, 3.05) is 12.4 Å². The van der Waals surface area contributed by atoms with E-state index in [9.17, 15) is 9.59 Å². The monoisotopic (exact) mass is 372 g/mol. The molecule has 3 rings (SSSR count). The van der Waals surface area contributed by atoms with Crippen LogP contribution in [0.1, 0.15) is 57.8 Å². The van der Waals surface area contributed by atoms with Gasteiger partial charge in [-0.2, -0.15) is 0 Å². The van der Waals surface area contributed by atoms with Gasteiger partial charge < -0.3 is 15.0 Å². The van der Waals surface area contributed by atoms with Crippen LogP contribution in [-0.2, 0) is 4.74 Å². The van der Waals surface area contributed by atoms with Gasteiger partial charge in [0.05, 0.1) is 18.4 Å². The molecule has 1 amide bonds. The number of amides is 1. The summed E-state index contributed by atoms with van der Waals surface area (Å²) in [5.74, 6) is -0.687. The highest BCUT2D eigenvalue weighted by Gasteiger charge is 2.23. The maximum Gasteiger partial charge on any atom is 0.339 e. The molecule has 0 aliphatic heterocycles. The third kappa shape index (κ3) is 3.80. The zero-order chi connectivity index (χ0) is 18.7. The smallest absolute Gasteiger partial charge is 0.339 e. The molecule has 2 aromatic rings. The molecule has 1 saturated carbocycles. The molecule has 5 nitrogen and oxygen atoms in total. The van der Waals surface area contributed by atoms with Crippen molar-refractivity contribution in [3.8, 4) is 0 Å². The Morgan fingerprint density at radius 3 is 2.58 bits per heavy atom. The van der Waals surface area contributed by atoms with Crippen molar-refractivity contribution in [1.29, 1.82) is 0 Å². The van der Waals surface area contributed by atoms with Crippen LogP contribution in [-0.4, -0.2) is 29.2 Å². The number of H-pyrrole nitrogens is 1. The third-order valence-electron chi connectivity index (χ3n) is 4.79. The second-order valence-corrected chi connectivity index (χ2v) is 7.93.